The Balaban J connectivity index is 0. The summed E-state index contributed by atoms with van der Waals surface area (Å²) in [4.78, 5) is 88.0. The fraction of sp³-hybridized carbons (Fsp3) is 0.756. The molecule has 364 valence electrons. The summed E-state index contributed by atoms with van der Waals surface area (Å²) in [5.74, 6) is -2.70. The molecule has 0 radical (unpaired) electrons. The molecule has 4 amide bonds. The van der Waals surface area contributed by atoms with Gasteiger partial charge in [0.25, 0.3) is 0 Å². The second kappa shape index (κ2) is 25.4. The summed E-state index contributed by atoms with van der Waals surface area (Å²) in [6.07, 6.45) is 2.26. The zero-order valence-corrected chi connectivity index (χ0v) is 40.3. The van der Waals surface area contributed by atoms with Gasteiger partial charge in [0.05, 0.1) is 20.3 Å². The van der Waals surface area contributed by atoms with E-state index in [-0.39, 0.29) is 50.0 Å². The van der Waals surface area contributed by atoms with Crippen molar-refractivity contribution in [1.82, 2.24) is 20.4 Å². The standard InChI is InChI=1S/C24H41N3O7.C14H24N2O4.C6H12O2.CH4/c1-11-12-15-16(13-27(18(15)20(29)32-10)22(31)34-24(7,8)9)25-19(28)17(14(2)3)26-21(30)33-23(4,5)6;1-6-7-9-10(15)8-16(11(9)12(17)19-5)13(18)20-14(2,3)4;1-5(7)8-6(2,3)4;/h11,14-18H,1,12-13H2,2-10H3,(H,25,28)(H,26,30);6,9-11H,1,7-8,15H2,2-5H3;1-4H3;1H4/t15-,16+,17+,18+;9-,10+,11+;;/m11../s1. The summed E-state index contributed by atoms with van der Waals surface area (Å²) in [5, 5.41) is 5.52. The first-order valence-electron chi connectivity index (χ1n) is 20.7. The number of hydrogen-bond acceptors (Lipinski definition) is 14. The lowest BCUT2D eigenvalue weighted by atomic mass is 9.92. The van der Waals surface area contributed by atoms with Crippen LogP contribution in [0.3, 0.4) is 0 Å². The molecule has 18 nitrogen and oxygen atoms in total. The predicted molar refractivity (Wildman–Crippen MR) is 240 cm³/mol. The third-order valence-corrected chi connectivity index (χ3v) is 8.77. The van der Waals surface area contributed by atoms with Gasteiger partial charge in [0, 0.05) is 37.9 Å². The highest BCUT2D eigenvalue weighted by Crippen LogP contribution is 2.32. The monoisotopic (exact) mass is 900 g/mol. The number of amides is 4. The highest BCUT2D eigenvalue weighted by molar-refractivity contribution is 5.87. The molecule has 2 rings (SSSR count). The average molecular weight is 900 g/mol. The molecule has 7 atom stereocenters. The van der Waals surface area contributed by atoms with Gasteiger partial charge in [0.15, 0.2) is 0 Å². The van der Waals surface area contributed by atoms with Gasteiger partial charge in [-0.3, -0.25) is 19.4 Å². The number of carbonyl (C=O) groups excluding carboxylic acids is 7. The Kier molecular flexibility index (Phi) is 24.3. The summed E-state index contributed by atoms with van der Waals surface area (Å²) in [5.41, 5.74) is 3.59. The maximum absolute atomic E-state index is 13.2. The zero-order chi connectivity index (χ0) is 48.7. The van der Waals surface area contributed by atoms with Gasteiger partial charge < -0.3 is 44.8 Å². The van der Waals surface area contributed by atoms with Crippen LogP contribution in [0.5, 0.6) is 0 Å². The number of nitrogens with two attached hydrogens (primary N) is 1. The zero-order valence-electron chi connectivity index (χ0n) is 40.3. The number of ether oxygens (including phenoxy) is 6. The highest BCUT2D eigenvalue weighted by Gasteiger charge is 2.50. The van der Waals surface area contributed by atoms with Crippen LogP contribution in [0.2, 0.25) is 0 Å². The fourth-order valence-corrected chi connectivity index (χ4v) is 6.52. The molecule has 63 heavy (non-hydrogen) atoms. The van der Waals surface area contributed by atoms with E-state index in [1.165, 1.54) is 30.9 Å². The predicted octanol–water partition coefficient (Wildman–Crippen LogP) is 6.29. The maximum atomic E-state index is 13.2. The molecule has 2 aliphatic rings. The van der Waals surface area contributed by atoms with Crippen LogP contribution in [0.4, 0.5) is 14.4 Å². The third kappa shape index (κ3) is 21.9. The minimum Gasteiger partial charge on any atom is -0.467 e. The van der Waals surface area contributed by atoms with E-state index >= 15 is 0 Å². The number of allylic oxidation sites excluding steroid dienone is 2. The van der Waals surface area contributed by atoms with Gasteiger partial charge in [-0.1, -0.05) is 33.4 Å². The number of carbonyl (C=O) groups is 7. The van der Waals surface area contributed by atoms with Gasteiger partial charge in [0.1, 0.15) is 40.5 Å². The first-order valence-corrected chi connectivity index (χ1v) is 20.7. The molecule has 0 unspecified atom stereocenters. The Morgan fingerprint density at radius 3 is 1.38 bits per heavy atom. The fourth-order valence-electron chi connectivity index (χ4n) is 6.52. The number of likely N-dealkylation sites (tertiary alicyclic amines) is 2. The van der Waals surface area contributed by atoms with E-state index in [4.69, 9.17) is 34.2 Å². The molecule has 0 saturated carbocycles. The van der Waals surface area contributed by atoms with Crippen LogP contribution in [-0.4, -0.2) is 132 Å². The number of nitrogens with one attached hydrogen (secondary N) is 2. The average Bonchev–Trinajstić information content (AvgIpc) is 3.61. The van der Waals surface area contributed by atoms with Crippen molar-refractivity contribution >= 4 is 42.1 Å². The van der Waals surface area contributed by atoms with Crippen molar-refractivity contribution in [1.29, 1.82) is 0 Å². The summed E-state index contributed by atoms with van der Waals surface area (Å²) >= 11 is 0. The van der Waals surface area contributed by atoms with E-state index in [0.29, 0.717) is 12.8 Å². The van der Waals surface area contributed by atoms with E-state index in [9.17, 15) is 33.6 Å². The molecule has 0 aromatic carbocycles. The van der Waals surface area contributed by atoms with Crippen LogP contribution in [0.15, 0.2) is 25.3 Å². The van der Waals surface area contributed by atoms with Crippen molar-refractivity contribution in [3.05, 3.63) is 25.3 Å². The Hall–Kier alpha value is -4.87. The Labute approximate surface area is 376 Å². The van der Waals surface area contributed by atoms with Crippen molar-refractivity contribution in [2.75, 3.05) is 27.3 Å². The molecular weight excluding hydrogens is 819 g/mol. The van der Waals surface area contributed by atoms with Crippen LogP contribution in [0, 0.1) is 17.8 Å². The number of rotatable bonds is 10. The lowest BCUT2D eigenvalue weighted by molar-refractivity contribution is -0.152. The molecule has 0 aromatic rings. The lowest BCUT2D eigenvalue weighted by Crippen LogP contribution is -2.54. The highest BCUT2D eigenvalue weighted by atomic mass is 16.6. The molecule has 2 aliphatic heterocycles. The van der Waals surface area contributed by atoms with E-state index < -0.39 is 83.0 Å². The first-order chi connectivity index (χ1) is 28.1. The molecule has 2 saturated heterocycles. The van der Waals surface area contributed by atoms with Crippen molar-refractivity contribution in [3.8, 4) is 0 Å². The van der Waals surface area contributed by atoms with Gasteiger partial charge in [-0.15, -0.1) is 13.2 Å². The van der Waals surface area contributed by atoms with Gasteiger partial charge in [-0.05, 0) is 102 Å². The van der Waals surface area contributed by atoms with Gasteiger partial charge in [-0.2, -0.15) is 0 Å². The van der Waals surface area contributed by atoms with E-state index in [2.05, 4.69) is 23.8 Å². The second-order valence-corrected chi connectivity index (χ2v) is 19.4. The summed E-state index contributed by atoms with van der Waals surface area (Å²) < 4.78 is 30.6. The number of alkyl carbamates (subject to hydrolysis) is 1. The quantitative estimate of drug-likeness (QED) is 0.124. The molecular formula is C45H81N5O13. The largest absolute Gasteiger partial charge is 0.467 e. The van der Waals surface area contributed by atoms with E-state index in [1.54, 1.807) is 88.3 Å². The number of nitrogens with zero attached hydrogens (tertiary/aromatic N) is 2. The minimum absolute atomic E-state index is 0. The maximum Gasteiger partial charge on any atom is 0.411 e. The van der Waals surface area contributed by atoms with Crippen LogP contribution >= 0.6 is 0 Å². The topological polar surface area (TPSA) is 231 Å². The molecule has 4 N–H and O–H groups in total. The lowest BCUT2D eigenvalue weighted by Gasteiger charge is -2.28. The molecule has 0 spiro atoms. The molecule has 0 bridgehead atoms. The Morgan fingerprint density at radius 1 is 0.667 bits per heavy atom. The van der Waals surface area contributed by atoms with Crippen molar-refractivity contribution in [2.45, 2.75) is 177 Å². The van der Waals surface area contributed by atoms with Gasteiger partial charge in [0.2, 0.25) is 5.91 Å². The van der Waals surface area contributed by atoms with Crippen molar-refractivity contribution in [2.24, 2.45) is 23.5 Å². The Morgan fingerprint density at radius 2 is 1.05 bits per heavy atom. The SMILES string of the molecule is C.C=CC[C@@H]1[C@@H](NC(=O)[C@@H](NC(=O)OC(C)(C)C)C(C)C)CN(C(=O)OC(C)(C)C)[C@@H]1C(=O)OC.C=CC[C@H]1[C@@H](C(=O)OC)N(C(=O)OC(C)(C)C)C[C@@H]1N.CC(=O)OC(C)(C)C. The number of hydrogen-bond donors (Lipinski definition) is 3. The second-order valence-electron chi connectivity index (χ2n) is 19.4. The molecule has 18 heteroatoms. The first kappa shape index (κ1) is 60.2. The van der Waals surface area contributed by atoms with Crippen LogP contribution in [0.25, 0.3) is 0 Å². The third-order valence-electron chi connectivity index (χ3n) is 8.77. The van der Waals surface area contributed by atoms with Crippen molar-refractivity contribution < 1.29 is 62.0 Å². The summed E-state index contributed by atoms with van der Waals surface area (Å²) in [7, 11) is 2.54. The van der Waals surface area contributed by atoms with Gasteiger partial charge >= 0.3 is 36.2 Å². The minimum atomic E-state index is -0.959. The molecule has 2 fully saturated rings. The van der Waals surface area contributed by atoms with Gasteiger partial charge in [-0.25, -0.2) is 24.0 Å². The normalized spacial score (nSPS) is 21.3. The van der Waals surface area contributed by atoms with Crippen LogP contribution in [-0.2, 0) is 47.6 Å². The summed E-state index contributed by atoms with van der Waals surface area (Å²) in [6.45, 7) is 33.9. The Bertz CT molecular complexity index is 1560. The molecule has 0 aromatic heterocycles. The van der Waals surface area contributed by atoms with Crippen LogP contribution in [0.1, 0.15) is 124 Å². The van der Waals surface area contributed by atoms with E-state index in [0.717, 1.165) is 0 Å². The summed E-state index contributed by atoms with van der Waals surface area (Å²) in [6, 6.07) is -3.46. The number of methoxy groups -OCH3 is 2. The number of esters is 3. The smallest absolute Gasteiger partial charge is 0.411 e. The molecule has 0 aliphatic carbocycles. The van der Waals surface area contributed by atoms with Crippen LogP contribution < -0.4 is 16.4 Å². The van der Waals surface area contributed by atoms with E-state index in [1.807, 2.05) is 20.8 Å². The van der Waals surface area contributed by atoms with Crippen molar-refractivity contribution in [3.63, 3.8) is 0 Å². The molecule has 2 heterocycles.